The summed E-state index contributed by atoms with van der Waals surface area (Å²) in [7, 11) is 0. The Balaban J connectivity index is 1.46. The quantitative estimate of drug-likeness (QED) is 0.904. The van der Waals surface area contributed by atoms with E-state index in [2.05, 4.69) is 9.97 Å². The summed E-state index contributed by atoms with van der Waals surface area (Å²) < 4.78 is 0. The van der Waals surface area contributed by atoms with Gasteiger partial charge in [-0.05, 0) is 68.1 Å². The first-order valence-electron chi connectivity index (χ1n) is 7.77. The first kappa shape index (κ1) is 11.7. The summed E-state index contributed by atoms with van der Waals surface area (Å²) in [6, 6.07) is 0. The minimum atomic E-state index is 0.638. The Labute approximate surface area is 115 Å². The van der Waals surface area contributed by atoms with E-state index in [0.717, 1.165) is 30.0 Å². The second-order valence-electron chi connectivity index (χ2n) is 7.35. The van der Waals surface area contributed by atoms with Crippen LogP contribution >= 0.6 is 0 Å². The molecule has 4 aliphatic carbocycles. The average Bonchev–Trinajstić information content (AvgIpc) is 2.36. The lowest BCUT2D eigenvalue weighted by Crippen LogP contribution is -2.46. The lowest BCUT2D eigenvalue weighted by Gasteiger charge is -2.57. The molecule has 1 aromatic heterocycles. The highest BCUT2D eigenvalue weighted by molar-refractivity contribution is 5.30. The molecule has 0 saturated heterocycles. The molecule has 0 aliphatic heterocycles. The van der Waals surface area contributed by atoms with E-state index >= 15 is 0 Å². The summed E-state index contributed by atoms with van der Waals surface area (Å²) in [6.45, 7) is 0. The molecule has 0 unspecified atom stereocenters. The van der Waals surface area contributed by atoms with Crippen molar-refractivity contribution in [3.63, 3.8) is 0 Å². The van der Waals surface area contributed by atoms with Gasteiger partial charge in [0.05, 0.1) is 18.1 Å². The minimum absolute atomic E-state index is 0.638. The normalized spacial score (nSPS) is 39.7. The number of anilines is 1. The molecule has 3 heteroatoms. The van der Waals surface area contributed by atoms with E-state index in [1.54, 1.807) is 12.4 Å². The minimum Gasteiger partial charge on any atom is -0.396 e. The first-order chi connectivity index (χ1) is 9.21. The summed E-state index contributed by atoms with van der Waals surface area (Å²) in [5.41, 5.74) is 6.95. The molecule has 0 aromatic carbocycles. The van der Waals surface area contributed by atoms with Crippen molar-refractivity contribution in [1.29, 1.82) is 0 Å². The smallest absolute Gasteiger partial charge is 0.128 e. The van der Waals surface area contributed by atoms with Crippen molar-refractivity contribution in [1.82, 2.24) is 9.97 Å². The van der Waals surface area contributed by atoms with E-state index < -0.39 is 0 Å². The van der Waals surface area contributed by atoms with E-state index in [4.69, 9.17) is 5.73 Å². The third kappa shape index (κ3) is 2.13. The van der Waals surface area contributed by atoms with Crippen LogP contribution in [0.5, 0.6) is 0 Å². The maximum atomic E-state index is 5.64. The van der Waals surface area contributed by atoms with Crippen molar-refractivity contribution < 1.29 is 0 Å². The van der Waals surface area contributed by atoms with Gasteiger partial charge in [-0.1, -0.05) is 0 Å². The molecule has 0 atom stereocenters. The van der Waals surface area contributed by atoms with Crippen molar-refractivity contribution in [2.75, 3.05) is 5.73 Å². The summed E-state index contributed by atoms with van der Waals surface area (Å²) in [4.78, 5) is 8.72. The second kappa shape index (κ2) is 4.19. The first-order valence-corrected chi connectivity index (χ1v) is 7.77. The third-order valence-electron chi connectivity index (χ3n) is 5.77. The van der Waals surface area contributed by atoms with Crippen molar-refractivity contribution in [2.45, 2.75) is 51.4 Å². The third-order valence-corrected chi connectivity index (χ3v) is 5.77. The molecule has 3 nitrogen and oxygen atoms in total. The summed E-state index contributed by atoms with van der Waals surface area (Å²) >= 11 is 0. The Kier molecular flexibility index (Phi) is 2.58. The maximum Gasteiger partial charge on any atom is 0.128 e. The van der Waals surface area contributed by atoms with Crippen molar-refractivity contribution >= 4 is 5.69 Å². The summed E-state index contributed by atoms with van der Waals surface area (Å²) in [5, 5.41) is 0. The van der Waals surface area contributed by atoms with Gasteiger partial charge in [0.15, 0.2) is 0 Å². The van der Waals surface area contributed by atoms with Crippen LogP contribution in [0.1, 0.15) is 50.8 Å². The molecular formula is C16H23N3. The lowest BCUT2D eigenvalue weighted by atomic mass is 9.48. The SMILES string of the molecule is Nc1cnc(CCC23CC4CC(CC(C4)C2)C3)nc1. The van der Waals surface area contributed by atoms with Crippen LogP contribution in [0.15, 0.2) is 12.4 Å². The molecular weight excluding hydrogens is 234 g/mol. The highest BCUT2D eigenvalue weighted by atomic mass is 14.9. The zero-order valence-electron chi connectivity index (χ0n) is 11.5. The summed E-state index contributed by atoms with van der Waals surface area (Å²) in [6.07, 6.45) is 14.8. The molecule has 0 spiro atoms. The Bertz CT molecular complexity index is 430. The van der Waals surface area contributed by atoms with Gasteiger partial charge in [0, 0.05) is 6.42 Å². The molecule has 5 rings (SSSR count). The van der Waals surface area contributed by atoms with Crippen LogP contribution in [-0.4, -0.2) is 9.97 Å². The fourth-order valence-electron chi connectivity index (χ4n) is 5.47. The topological polar surface area (TPSA) is 51.8 Å². The zero-order chi connectivity index (χ0) is 12.9. The van der Waals surface area contributed by atoms with Crippen LogP contribution < -0.4 is 5.73 Å². The molecule has 19 heavy (non-hydrogen) atoms. The van der Waals surface area contributed by atoms with Crippen molar-refractivity contribution in [3.8, 4) is 0 Å². The van der Waals surface area contributed by atoms with Crippen molar-refractivity contribution in [2.24, 2.45) is 23.2 Å². The van der Waals surface area contributed by atoms with E-state index in [1.165, 1.54) is 44.9 Å². The zero-order valence-corrected chi connectivity index (χ0v) is 11.5. The van der Waals surface area contributed by atoms with Crippen LogP contribution in [0.2, 0.25) is 0 Å². The molecule has 4 aliphatic rings. The molecule has 4 fully saturated rings. The largest absolute Gasteiger partial charge is 0.396 e. The van der Waals surface area contributed by atoms with Gasteiger partial charge < -0.3 is 5.73 Å². The van der Waals surface area contributed by atoms with Crippen LogP contribution in [0, 0.1) is 23.2 Å². The second-order valence-corrected chi connectivity index (χ2v) is 7.35. The number of hydrogen-bond donors (Lipinski definition) is 1. The standard InChI is InChI=1S/C16H23N3/c17-14-9-18-15(19-10-14)1-2-16-6-11-3-12(7-16)5-13(4-11)8-16/h9-13H,1-8,17H2. The van der Waals surface area contributed by atoms with E-state index in [1.807, 2.05) is 0 Å². The van der Waals surface area contributed by atoms with Gasteiger partial charge in [-0.3, -0.25) is 0 Å². The van der Waals surface area contributed by atoms with Crippen LogP contribution in [0.25, 0.3) is 0 Å². The number of nitrogen functional groups attached to an aromatic ring is 1. The van der Waals surface area contributed by atoms with E-state index in [9.17, 15) is 0 Å². The average molecular weight is 257 g/mol. The van der Waals surface area contributed by atoms with E-state index in [-0.39, 0.29) is 0 Å². The maximum absolute atomic E-state index is 5.64. The number of rotatable bonds is 3. The Morgan fingerprint density at radius 1 is 1.00 bits per heavy atom. The number of hydrogen-bond acceptors (Lipinski definition) is 3. The lowest BCUT2D eigenvalue weighted by molar-refractivity contribution is -0.0572. The van der Waals surface area contributed by atoms with Gasteiger partial charge in [-0.25, -0.2) is 9.97 Å². The van der Waals surface area contributed by atoms with Gasteiger partial charge in [0.25, 0.3) is 0 Å². The fraction of sp³-hybridized carbons (Fsp3) is 0.750. The molecule has 1 aromatic rings. The number of aromatic nitrogens is 2. The van der Waals surface area contributed by atoms with Gasteiger partial charge in [-0.2, -0.15) is 0 Å². The Morgan fingerprint density at radius 2 is 1.53 bits per heavy atom. The van der Waals surface area contributed by atoms with Gasteiger partial charge in [0.2, 0.25) is 0 Å². The van der Waals surface area contributed by atoms with Crippen molar-refractivity contribution in [3.05, 3.63) is 18.2 Å². The molecule has 0 radical (unpaired) electrons. The van der Waals surface area contributed by atoms with Crippen LogP contribution in [-0.2, 0) is 6.42 Å². The Hall–Kier alpha value is -1.12. The molecule has 102 valence electrons. The van der Waals surface area contributed by atoms with Gasteiger partial charge >= 0.3 is 0 Å². The predicted molar refractivity (Wildman–Crippen MR) is 75.4 cm³/mol. The highest BCUT2D eigenvalue weighted by Gasteiger charge is 2.50. The number of aryl methyl sites for hydroxylation is 1. The highest BCUT2D eigenvalue weighted by Crippen LogP contribution is 2.61. The number of nitrogens with zero attached hydrogens (tertiary/aromatic N) is 2. The molecule has 4 saturated carbocycles. The van der Waals surface area contributed by atoms with E-state index in [0.29, 0.717) is 11.1 Å². The summed E-state index contributed by atoms with van der Waals surface area (Å²) in [5.74, 6) is 4.10. The molecule has 4 bridgehead atoms. The van der Waals surface area contributed by atoms with Crippen LogP contribution in [0.3, 0.4) is 0 Å². The molecule has 0 amide bonds. The van der Waals surface area contributed by atoms with Crippen LogP contribution in [0.4, 0.5) is 5.69 Å². The molecule has 2 N–H and O–H groups in total. The van der Waals surface area contributed by atoms with Gasteiger partial charge in [-0.15, -0.1) is 0 Å². The monoisotopic (exact) mass is 257 g/mol. The van der Waals surface area contributed by atoms with Gasteiger partial charge in [0.1, 0.15) is 5.82 Å². The fourth-order valence-corrected chi connectivity index (χ4v) is 5.47. The molecule has 1 heterocycles. The number of nitrogens with two attached hydrogens (primary N) is 1. The Morgan fingerprint density at radius 3 is 2.05 bits per heavy atom. The predicted octanol–water partition coefficient (Wildman–Crippen LogP) is 3.21.